The molecule has 0 radical (unpaired) electrons. The number of rotatable bonds is 5. The fourth-order valence-corrected chi connectivity index (χ4v) is 2.46. The molecule has 0 unspecified atom stereocenters. The van der Waals surface area contributed by atoms with Crippen LogP contribution in [0.4, 0.5) is 0 Å². The van der Waals surface area contributed by atoms with Gasteiger partial charge >= 0.3 is 0 Å². The summed E-state index contributed by atoms with van der Waals surface area (Å²) in [6.45, 7) is 2.74. The van der Waals surface area contributed by atoms with Crippen LogP contribution in [0, 0.1) is 0 Å². The van der Waals surface area contributed by atoms with Gasteiger partial charge in [-0.25, -0.2) is 0 Å². The van der Waals surface area contributed by atoms with Gasteiger partial charge in [0.25, 0.3) is 5.91 Å². The van der Waals surface area contributed by atoms with Gasteiger partial charge < -0.3 is 15.0 Å². The maximum absolute atomic E-state index is 12.1. The van der Waals surface area contributed by atoms with E-state index in [0.29, 0.717) is 0 Å². The predicted molar refractivity (Wildman–Crippen MR) is 79.7 cm³/mol. The highest BCUT2D eigenvalue weighted by Gasteiger charge is 2.15. The Morgan fingerprint density at radius 1 is 1.15 bits per heavy atom. The van der Waals surface area contributed by atoms with Gasteiger partial charge in [0.2, 0.25) is 0 Å². The Bertz CT molecular complexity index is 409. The van der Waals surface area contributed by atoms with E-state index in [2.05, 4.69) is 5.32 Å². The van der Waals surface area contributed by atoms with Crippen LogP contribution in [0.5, 0.6) is 5.75 Å². The Morgan fingerprint density at radius 3 is 2.40 bits per heavy atom. The van der Waals surface area contributed by atoms with Gasteiger partial charge in [-0.2, -0.15) is 0 Å². The normalized spacial score (nSPS) is 15.8. The topological polar surface area (TPSA) is 41.6 Å². The molecule has 1 aromatic rings. The molecular weight excluding hydrogens is 252 g/mol. The van der Waals surface area contributed by atoms with E-state index in [0.717, 1.165) is 38.2 Å². The molecule has 1 N–H and O–H groups in total. The van der Waals surface area contributed by atoms with Crippen LogP contribution in [0.1, 0.15) is 31.2 Å². The Balaban J connectivity index is 1.80. The summed E-state index contributed by atoms with van der Waals surface area (Å²) in [5, 5.41) is 3.10. The van der Waals surface area contributed by atoms with Gasteiger partial charge in [0.15, 0.2) is 6.61 Å². The quantitative estimate of drug-likeness (QED) is 0.896. The average Bonchev–Trinajstić information content (AvgIpc) is 2.76. The van der Waals surface area contributed by atoms with Gasteiger partial charge in [-0.15, -0.1) is 0 Å². The summed E-state index contributed by atoms with van der Waals surface area (Å²) in [6.07, 6.45) is 4.70. The lowest BCUT2D eigenvalue weighted by Gasteiger charge is -2.20. The highest BCUT2D eigenvalue weighted by Crippen LogP contribution is 2.13. The summed E-state index contributed by atoms with van der Waals surface area (Å²) in [5.41, 5.74) is 1.21. The van der Waals surface area contributed by atoms with Gasteiger partial charge in [0, 0.05) is 19.6 Å². The zero-order chi connectivity index (χ0) is 14.2. The minimum Gasteiger partial charge on any atom is -0.484 e. The fourth-order valence-electron chi connectivity index (χ4n) is 2.46. The SMILES string of the molecule is CNCc1ccc(OCC(=O)N2CCCCCC2)cc1. The maximum Gasteiger partial charge on any atom is 0.260 e. The highest BCUT2D eigenvalue weighted by atomic mass is 16.5. The number of carbonyl (C=O) groups is 1. The fraction of sp³-hybridized carbons (Fsp3) is 0.562. The Morgan fingerprint density at radius 2 is 1.80 bits per heavy atom. The number of nitrogens with zero attached hydrogens (tertiary/aromatic N) is 1. The number of hydrogen-bond acceptors (Lipinski definition) is 3. The van der Waals surface area contributed by atoms with Crippen molar-refractivity contribution < 1.29 is 9.53 Å². The van der Waals surface area contributed by atoms with E-state index in [1.54, 1.807) is 0 Å². The molecule has 110 valence electrons. The molecule has 0 saturated carbocycles. The van der Waals surface area contributed by atoms with Gasteiger partial charge in [0.1, 0.15) is 5.75 Å². The summed E-state index contributed by atoms with van der Waals surface area (Å²) in [4.78, 5) is 14.0. The second-order valence-corrected chi connectivity index (χ2v) is 5.26. The highest BCUT2D eigenvalue weighted by molar-refractivity contribution is 5.77. The molecule has 1 saturated heterocycles. The molecule has 2 rings (SSSR count). The van der Waals surface area contributed by atoms with E-state index < -0.39 is 0 Å². The molecule has 1 heterocycles. The van der Waals surface area contributed by atoms with Crippen LogP contribution >= 0.6 is 0 Å². The minimum absolute atomic E-state index is 0.103. The first kappa shape index (κ1) is 14.9. The molecule has 4 nitrogen and oxygen atoms in total. The molecule has 1 aromatic carbocycles. The maximum atomic E-state index is 12.1. The number of amides is 1. The van der Waals surface area contributed by atoms with E-state index in [4.69, 9.17) is 4.74 Å². The molecule has 4 heteroatoms. The molecule has 0 spiro atoms. The number of likely N-dealkylation sites (tertiary alicyclic amines) is 1. The van der Waals surface area contributed by atoms with Crippen LogP contribution in [-0.4, -0.2) is 37.6 Å². The third kappa shape index (κ3) is 4.53. The Kier molecular flexibility index (Phi) is 5.87. The van der Waals surface area contributed by atoms with E-state index >= 15 is 0 Å². The zero-order valence-corrected chi connectivity index (χ0v) is 12.2. The smallest absolute Gasteiger partial charge is 0.260 e. The molecule has 1 fully saturated rings. The van der Waals surface area contributed by atoms with Crippen LogP contribution in [0.2, 0.25) is 0 Å². The van der Waals surface area contributed by atoms with E-state index in [9.17, 15) is 4.79 Å². The first-order valence-corrected chi connectivity index (χ1v) is 7.44. The van der Waals surface area contributed by atoms with Crippen molar-refractivity contribution in [3.63, 3.8) is 0 Å². The van der Waals surface area contributed by atoms with Crippen molar-refractivity contribution in [2.45, 2.75) is 32.2 Å². The first-order chi connectivity index (χ1) is 9.79. The third-order valence-corrected chi connectivity index (χ3v) is 3.63. The third-order valence-electron chi connectivity index (χ3n) is 3.63. The summed E-state index contributed by atoms with van der Waals surface area (Å²) in [5.74, 6) is 0.860. The Hall–Kier alpha value is -1.55. The Labute approximate surface area is 121 Å². The average molecular weight is 276 g/mol. The predicted octanol–water partition coefficient (Wildman–Crippen LogP) is 2.19. The van der Waals surface area contributed by atoms with Crippen molar-refractivity contribution in [3.05, 3.63) is 29.8 Å². The summed E-state index contributed by atoms with van der Waals surface area (Å²) in [7, 11) is 1.92. The largest absolute Gasteiger partial charge is 0.484 e. The van der Waals surface area contributed by atoms with Crippen molar-refractivity contribution in [2.75, 3.05) is 26.7 Å². The summed E-state index contributed by atoms with van der Waals surface area (Å²) in [6, 6.07) is 7.87. The first-order valence-electron chi connectivity index (χ1n) is 7.44. The molecule has 20 heavy (non-hydrogen) atoms. The number of hydrogen-bond donors (Lipinski definition) is 1. The molecule has 0 bridgehead atoms. The lowest BCUT2D eigenvalue weighted by atomic mass is 10.2. The summed E-state index contributed by atoms with van der Waals surface area (Å²) >= 11 is 0. The van der Waals surface area contributed by atoms with Crippen molar-refractivity contribution >= 4 is 5.91 Å². The van der Waals surface area contributed by atoms with Crippen LogP contribution in [0.15, 0.2) is 24.3 Å². The second-order valence-electron chi connectivity index (χ2n) is 5.26. The second kappa shape index (κ2) is 7.90. The van der Waals surface area contributed by atoms with E-state index in [-0.39, 0.29) is 12.5 Å². The van der Waals surface area contributed by atoms with Crippen LogP contribution < -0.4 is 10.1 Å². The number of benzene rings is 1. The van der Waals surface area contributed by atoms with Gasteiger partial charge in [-0.05, 0) is 37.6 Å². The number of nitrogens with one attached hydrogen (secondary N) is 1. The van der Waals surface area contributed by atoms with E-state index in [1.165, 1.54) is 18.4 Å². The molecule has 0 aliphatic carbocycles. The van der Waals surface area contributed by atoms with Gasteiger partial charge in [-0.3, -0.25) is 4.79 Å². The van der Waals surface area contributed by atoms with Crippen LogP contribution in [0.25, 0.3) is 0 Å². The molecular formula is C16H24N2O2. The van der Waals surface area contributed by atoms with Crippen molar-refractivity contribution in [2.24, 2.45) is 0 Å². The molecule has 1 aliphatic heterocycles. The summed E-state index contributed by atoms with van der Waals surface area (Å²) < 4.78 is 5.58. The molecule has 1 amide bonds. The van der Waals surface area contributed by atoms with E-state index in [1.807, 2.05) is 36.2 Å². The lowest BCUT2D eigenvalue weighted by molar-refractivity contribution is -0.133. The number of ether oxygens (including phenoxy) is 1. The van der Waals surface area contributed by atoms with Crippen molar-refractivity contribution in [1.82, 2.24) is 10.2 Å². The van der Waals surface area contributed by atoms with Crippen molar-refractivity contribution in [1.29, 1.82) is 0 Å². The zero-order valence-electron chi connectivity index (χ0n) is 12.2. The molecule has 0 aromatic heterocycles. The van der Waals surface area contributed by atoms with Crippen LogP contribution in [-0.2, 0) is 11.3 Å². The monoisotopic (exact) mass is 276 g/mol. The molecule has 0 atom stereocenters. The molecule has 1 aliphatic rings. The van der Waals surface area contributed by atoms with Crippen LogP contribution in [0.3, 0.4) is 0 Å². The van der Waals surface area contributed by atoms with Gasteiger partial charge in [-0.1, -0.05) is 25.0 Å². The minimum atomic E-state index is 0.103. The standard InChI is InChI=1S/C16H24N2O2/c1-17-12-14-6-8-15(9-7-14)20-13-16(19)18-10-4-2-3-5-11-18/h6-9,17H,2-5,10-13H2,1H3. The lowest BCUT2D eigenvalue weighted by Crippen LogP contribution is -2.35. The van der Waals surface area contributed by atoms with Gasteiger partial charge in [0.05, 0.1) is 0 Å². The van der Waals surface area contributed by atoms with Crippen molar-refractivity contribution in [3.8, 4) is 5.75 Å². The number of carbonyl (C=O) groups excluding carboxylic acids is 1.